The van der Waals surface area contributed by atoms with Gasteiger partial charge < -0.3 is 24.5 Å². The number of amides is 2. The topological polar surface area (TPSA) is 155 Å². The van der Waals surface area contributed by atoms with Crippen molar-refractivity contribution < 1.29 is 32.6 Å². The van der Waals surface area contributed by atoms with Gasteiger partial charge in [-0.2, -0.15) is 13.2 Å². The number of halogens is 3. The first-order valence-electron chi connectivity index (χ1n) is 12.1. The average molecular weight is 551 g/mol. The number of carbonyl (C=O) groups is 2. The minimum Gasteiger partial charge on any atom is -0.465 e. The molecular weight excluding hydrogens is 525 g/mol. The van der Waals surface area contributed by atoms with Crippen molar-refractivity contribution in [1.82, 2.24) is 34.4 Å². The predicted octanol–water partition coefficient (Wildman–Crippen LogP) is 1.44. The van der Waals surface area contributed by atoms with Crippen LogP contribution in [-0.4, -0.2) is 110 Å². The van der Waals surface area contributed by atoms with E-state index in [4.69, 9.17) is 9.84 Å². The number of hydrogen-bond donors (Lipinski definition) is 2. The Balaban J connectivity index is 1.64. The third-order valence-electron chi connectivity index (χ3n) is 6.34. The number of rotatable bonds is 5. The van der Waals surface area contributed by atoms with Crippen molar-refractivity contribution in [1.29, 1.82) is 0 Å². The highest BCUT2D eigenvalue weighted by molar-refractivity contribution is 5.88. The van der Waals surface area contributed by atoms with E-state index in [1.54, 1.807) is 9.80 Å². The number of nitrogens with zero attached hydrogens (tertiary/aromatic N) is 9. The summed E-state index contributed by atoms with van der Waals surface area (Å²) in [6.45, 7) is 3.14. The zero-order valence-electron chi connectivity index (χ0n) is 20.8. The molecule has 0 aliphatic carbocycles. The molecule has 5 rings (SSSR count). The van der Waals surface area contributed by atoms with Crippen LogP contribution in [0.25, 0.3) is 22.6 Å². The maximum absolute atomic E-state index is 13.8. The Kier molecular flexibility index (Phi) is 7.07. The van der Waals surface area contributed by atoms with Crippen LogP contribution in [0.15, 0.2) is 12.4 Å². The minimum absolute atomic E-state index is 0.0180. The van der Waals surface area contributed by atoms with Gasteiger partial charge in [0.2, 0.25) is 17.8 Å². The van der Waals surface area contributed by atoms with E-state index in [1.165, 1.54) is 19.3 Å². The number of piperazine rings is 1. The summed E-state index contributed by atoms with van der Waals surface area (Å²) in [6, 6.07) is 0. The van der Waals surface area contributed by atoms with Crippen LogP contribution in [0.4, 0.5) is 35.7 Å². The van der Waals surface area contributed by atoms with Crippen molar-refractivity contribution in [2.24, 2.45) is 0 Å². The van der Waals surface area contributed by atoms with Crippen LogP contribution in [0.3, 0.4) is 0 Å². The standard InChI is InChI=1S/C22H25F3N10O4/c1-13(36)32-2-4-34(5-3-32)20-28-15-17(33-6-8-39-9-7-33)29-16(30-18(15)35(20)12-22(23,24)25)14-10-26-19(27-11-14)31-21(37)38/h10-11H,2-9,12H2,1H3,(H,37,38)(H,26,27,31). The van der Waals surface area contributed by atoms with Gasteiger partial charge in [-0.25, -0.2) is 29.7 Å². The monoisotopic (exact) mass is 550 g/mol. The third kappa shape index (κ3) is 5.76. The number of imidazole rings is 1. The first-order valence-corrected chi connectivity index (χ1v) is 12.1. The molecule has 39 heavy (non-hydrogen) atoms. The fourth-order valence-corrected chi connectivity index (χ4v) is 4.49. The molecule has 0 radical (unpaired) electrons. The molecule has 2 aliphatic heterocycles. The maximum atomic E-state index is 13.8. The molecule has 0 atom stereocenters. The molecule has 14 nitrogen and oxygen atoms in total. The zero-order valence-corrected chi connectivity index (χ0v) is 20.8. The van der Waals surface area contributed by atoms with E-state index in [0.29, 0.717) is 58.3 Å². The van der Waals surface area contributed by atoms with Gasteiger partial charge in [0.15, 0.2) is 22.8 Å². The summed E-state index contributed by atoms with van der Waals surface area (Å²) in [6.07, 6.45) is -3.34. The van der Waals surface area contributed by atoms with Crippen molar-refractivity contribution >= 4 is 40.9 Å². The minimum atomic E-state index is -4.57. The molecule has 5 heterocycles. The molecule has 0 bridgehead atoms. The second kappa shape index (κ2) is 10.5. The fraction of sp³-hybridized carbons (Fsp3) is 0.500. The number of carboxylic acid groups (broad SMARTS) is 1. The number of carbonyl (C=O) groups excluding carboxylic acids is 1. The molecule has 2 aliphatic rings. The number of ether oxygens (including phenoxy) is 1. The average Bonchev–Trinajstić information content (AvgIpc) is 3.25. The van der Waals surface area contributed by atoms with Gasteiger partial charge >= 0.3 is 12.3 Å². The summed E-state index contributed by atoms with van der Waals surface area (Å²) >= 11 is 0. The van der Waals surface area contributed by atoms with Gasteiger partial charge in [0, 0.05) is 58.6 Å². The van der Waals surface area contributed by atoms with Crippen molar-refractivity contribution in [3.05, 3.63) is 12.4 Å². The Labute approximate surface area is 219 Å². The Morgan fingerprint density at radius 3 is 2.26 bits per heavy atom. The van der Waals surface area contributed by atoms with Crippen LogP contribution in [0.2, 0.25) is 0 Å². The van der Waals surface area contributed by atoms with Gasteiger partial charge in [-0.15, -0.1) is 0 Å². The lowest BCUT2D eigenvalue weighted by atomic mass is 10.3. The molecule has 0 aromatic carbocycles. The van der Waals surface area contributed by atoms with Crippen LogP contribution in [0, 0.1) is 0 Å². The van der Waals surface area contributed by atoms with Gasteiger partial charge in [-0.05, 0) is 0 Å². The van der Waals surface area contributed by atoms with Crippen molar-refractivity contribution in [3.63, 3.8) is 0 Å². The van der Waals surface area contributed by atoms with Crippen LogP contribution >= 0.6 is 0 Å². The van der Waals surface area contributed by atoms with E-state index in [9.17, 15) is 22.8 Å². The van der Waals surface area contributed by atoms with Gasteiger partial charge in [0.1, 0.15) is 6.54 Å². The highest BCUT2D eigenvalue weighted by atomic mass is 19.4. The summed E-state index contributed by atoms with van der Waals surface area (Å²) < 4.78 is 47.9. The van der Waals surface area contributed by atoms with Crippen LogP contribution in [0.5, 0.6) is 0 Å². The van der Waals surface area contributed by atoms with E-state index in [2.05, 4.69) is 24.9 Å². The van der Waals surface area contributed by atoms with Crippen molar-refractivity contribution in [2.75, 3.05) is 67.6 Å². The number of morpholine rings is 1. The Morgan fingerprint density at radius 1 is 1.00 bits per heavy atom. The van der Waals surface area contributed by atoms with Gasteiger partial charge in [-0.1, -0.05) is 0 Å². The largest absolute Gasteiger partial charge is 0.465 e. The number of anilines is 3. The quantitative estimate of drug-likeness (QED) is 0.474. The van der Waals surface area contributed by atoms with Crippen LogP contribution < -0.4 is 15.1 Å². The molecular formula is C22H25F3N10O4. The summed E-state index contributed by atoms with van der Waals surface area (Å²) in [5.74, 6) is 0.214. The van der Waals surface area contributed by atoms with Crippen LogP contribution in [-0.2, 0) is 16.1 Å². The molecule has 3 aromatic rings. The smallest absolute Gasteiger partial charge is 0.411 e. The van der Waals surface area contributed by atoms with Gasteiger partial charge in [0.05, 0.1) is 18.8 Å². The first-order chi connectivity index (χ1) is 18.6. The Morgan fingerprint density at radius 2 is 1.67 bits per heavy atom. The number of nitrogens with one attached hydrogen (secondary N) is 1. The third-order valence-corrected chi connectivity index (χ3v) is 6.34. The zero-order chi connectivity index (χ0) is 27.7. The lowest BCUT2D eigenvalue weighted by molar-refractivity contribution is -0.139. The molecule has 17 heteroatoms. The van der Waals surface area contributed by atoms with E-state index in [0.717, 1.165) is 4.57 Å². The maximum Gasteiger partial charge on any atom is 0.411 e. The predicted molar refractivity (Wildman–Crippen MR) is 132 cm³/mol. The number of hydrogen-bond acceptors (Lipinski definition) is 10. The SMILES string of the molecule is CC(=O)N1CCN(c2nc3c(N4CCOCC4)nc(-c4cnc(NC(=O)O)nc4)nc3n2CC(F)(F)F)CC1. The molecule has 2 amide bonds. The number of alkyl halides is 3. The van der Waals surface area contributed by atoms with Crippen molar-refractivity contribution in [3.8, 4) is 11.4 Å². The molecule has 208 valence electrons. The van der Waals surface area contributed by atoms with E-state index in [-0.39, 0.29) is 40.4 Å². The highest BCUT2D eigenvalue weighted by Gasteiger charge is 2.34. The second-order valence-corrected chi connectivity index (χ2v) is 8.97. The summed E-state index contributed by atoms with van der Waals surface area (Å²) in [5, 5.41) is 10.9. The molecule has 2 saturated heterocycles. The van der Waals surface area contributed by atoms with E-state index >= 15 is 0 Å². The number of fused-ring (bicyclic) bond motifs is 1. The molecule has 0 unspecified atom stereocenters. The Hall–Kier alpha value is -4.28. The molecule has 2 N–H and O–H groups in total. The normalized spacial score (nSPS) is 16.6. The summed E-state index contributed by atoms with van der Waals surface area (Å²) in [4.78, 5) is 49.4. The molecule has 0 spiro atoms. The molecule has 0 saturated carbocycles. The van der Waals surface area contributed by atoms with Gasteiger partial charge in [0.25, 0.3) is 0 Å². The second-order valence-electron chi connectivity index (χ2n) is 8.97. The van der Waals surface area contributed by atoms with E-state index in [1.807, 2.05) is 10.2 Å². The summed E-state index contributed by atoms with van der Waals surface area (Å²) in [5.41, 5.74) is 0.466. The number of aromatic nitrogens is 6. The lowest BCUT2D eigenvalue weighted by Gasteiger charge is -2.35. The van der Waals surface area contributed by atoms with E-state index < -0.39 is 18.8 Å². The summed E-state index contributed by atoms with van der Waals surface area (Å²) in [7, 11) is 0. The van der Waals surface area contributed by atoms with Crippen LogP contribution in [0.1, 0.15) is 6.92 Å². The first kappa shape index (κ1) is 26.3. The molecule has 3 aromatic heterocycles. The Bertz CT molecular complexity index is 1370. The van der Waals surface area contributed by atoms with Crippen molar-refractivity contribution in [2.45, 2.75) is 19.6 Å². The highest BCUT2D eigenvalue weighted by Crippen LogP contribution is 2.33. The molecule has 2 fully saturated rings. The lowest BCUT2D eigenvalue weighted by Crippen LogP contribution is -2.49. The fourth-order valence-electron chi connectivity index (χ4n) is 4.49. The van der Waals surface area contributed by atoms with Gasteiger partial charge in [-0.3, -0.25) is 14.7 Å².